The van der Waals surface area contributed by atoms with Crippen molar-refractivity contribution < 1.29 is 14.7 Å². The number of H-pyrrole nitrogens is 1. The third-order valence-electron chi connectivity index (χ3n) is 7.43. The lowest BCUT2D eigenvalue weighted by atomic mass is 10.0. The number of aromatic amines is 1. The molecule has 2 amide bonds. The Morgan fingerprint density at radius 2 is 1.78 bits per heavy atom. The Morgan fingerprint density at radius 3 is 2.56 bits per heavy atom. The van der Waals surface area contributed by atoms with Crippen LogP contribution in [0.25, 0.3) is 11.1 Å². The predicted molar refractivity (Wildman–Crippen MR) is 154 cm³/mol. The number of pyridine rings is 1. The van der Waals surface area contributed by atoms with Gasteiger partial charge >= 0.3 is 0 Å². The molecule has 0 bridgehead atoms. The molecule has 5 aromatic rings. The van der Waals surface area contributed by atoms with Gasteiger partial charge in [-0.15, -0.1) is 0 Å². The molecule has 2 aromatic heterocycles. The average Bonchev–Trinajstić information content (AvgIpc) is 3.66. The molecule has 1 aliphatic rings. The summed E-state index contributed by atoms with van der Waals surface area (Å²) >= 11 is 0. The number of benzene rings is 3. The molecule has 8 heteroatoms. The van der Waals surface area contributed by atoms with E-state index in [9.17, 15) is 14.7 Å². The van der Waals surface area contributed by atoms with Crippen LogP contribution in [0.5, 0.6) is 0 Å². The second kappa shape index (κ2) is 11.6. The lowest BCUT2D eigenvalue weighted by Crippen LogP contribution is -2.45. The van der Waals surface area contributed by atoms with Gasteiger partial charge in [0.2, 0.25) is 5.91 Å². The number of carbonyl (C=O) groups is 2. The van der Waals surface area contributed by atoms with Gasteiger partial charge in [-0.3, -0.25) is 14.6 Å². The molecule has 3 atom stereocenters. The van der Waals surface area contributed by atoms with E-state index >= 15 is 0 Å². The summed E-state index contributed by atoms with van der Waals surface area (Å²) in [5, 5.41) is 13.9. The SMILES string of the molecule is O=C(N[C@@H]1c2ccccc2C[C@@H]1O)C(c1cccnc1)N(Cc1cccc(-c2ccccc2)c1)C(=O)c1c[nH]cn1. The topological polar surface area (TPSA) is 111 Å². The van der Waals surface area contributed by atoms with Crippen LogP contribution < -0.4 is 5.32 Å². The Labute approximate surface area is 237 Å². The van der Waals surface area contributed by atoms with E-state index in [1.54, 1.807) is 24.5 Å². The maximum absolute atomic E-state index is 14.2. The monoisotopic (exact) mass is 543 g/mol. The van der Waals surface area contributed by atoms with Crippen LogP contribution in [0.2, 0.25) is 0 Å². The molecule has 3 aromatic carbocycles. The highest BCUT2D eigenvalue weighted by molar-refractivity contribution is 5.96. The van der Waals surface area contributed by atoms with Crippen LogP contribution in [0.3, 0.4) is 0 Å². The molecule has 1 aliphatic carbocycles. The zero-order chi connectivity index (χ0) is 28.2. The normalized spacial score (nSPS) is 16.5. The van der Waals surface area contributed by atoms with Gasteiger partial charge in [-0.25, -0.2) is 4.98 Å². The van der Waals surface area contributed by atoms with E-state index in [-0.39, 0.29) is 12.2 Å². The average molecular weight is 544 g/mol. The van der Waals surface area contributed by atoms with E-state index in [2.05, 4.69) is 20.3 Å². The van der Waals surface area contributed by atoms with Crippen molar-refractivity contribution in [2.45, 2.75) is 31.2 Å². The Balaban J connectivity index is 1.39. The van der Waals surface area contributed by atoms with Crippen molar-refractivity contribution in [1.82, 2.24) is 25.2 Å². The third-order valence-corrected chi connectivity index (χ3v) is 7.43. The van der Waals surface area contributed by atoms with Crippen LogP contribution in [0, 0.1) is 0 Å². The fourth-order valence-corrected chi connectivity index (χ4v) is 5.47. The van der Waals surface area contributed by atoms with Crippen molar-refractivity contribution in [2.75, 3.05) is 0 Å². The Morgan fingerprint density at radius 1 is 0.976 bits per heavy atom. The first-order chi connectivity index (χ1) is 20.1. The minimum Gasteiger partial charge on any atom is -0.390 e. The zero-order valence-electron chi connectivity index (χ0n) is 22.2. The zero-order valence-corrected chi connectivity index (χ0v) is 22.2. The number of carbonyl (C=O) groups excluding carboxylic acids is 2. The van der Waals surface area contributed by atoms with E-state index < -0.39 is 30.0 Å². The molecule has 2 heterocycles. The molecule has 8 nitrogen and oxygen atoms in total. The highest BCUT2D eigenvalue weighted by Gasteiger charge is 2.38. The number of aliphatic hydroxyl groups excluding tert-OH is 1. The summed E-state index contributed by atoms with van der Waals surface area (Å²) in [7, 11) is 0. The first-order valence-corrected chi connectivity index (χ1v) is 13.5. The molecule has 1 unspecified atom stereocenters. The summed E-state index contributed by atoms with van der Waals surface area (Å²) in [6, 6.07) is 27.5. The van der Waals surface area contributed by atoms with Crippen LogP contribution in [0.15, 0.2) is 116 Å². The van der Waals surface area contributed by atoms with Gasteiger partial charge < -0.3 is 20.3 Å². The Hall–Kier alpha value is -5.08. The summed E-state index contributed by atoms with van der Waals surface area (Å²) < 4.78 is 0. The Bertz CT molecular complexity index is 1640. The molecule has 6 rings (SSSR count). The lowest BCUT2D eigenvalue weighted by molar-refractivity contribution is -0.127. The molecular weight excluding hydrogens is 514 g/mol. The number of rotatable bonds is 8. The molecule has 41 heavy (non-hydrogen) atoms. The summed E-state index contributed by atoms with van der Waals surface area (Å²) in [5.41, 5.74) is 5.51. The second-order valence-corrected chi connectivity index (χ2v) is 10.1. The van der Waals surface area contributed by atoms with Crippen molar-refractivity contribution in [3.63, 3.8) is 0 Å². The summed E-state index contributed by atoms with van der Waals surface area (Å²) in [6.45, 7) is 0.142. The van der Waals surface area contributed by atoms with Crippen LogP contribution in [0.4, 0.5) is 0 Å². The number of hydrogen-bond donors (Lipinski definition) is 3. The van der Waals surface area contributed by atoms with E-state index in [0.717, 1.165) is 27.8 Å². The molecular formula is C33H29N5O3. The van der Waals surface area contributed by atoms with Crippen LogP contribution in [-0.2, 0) is 17.8 Å². The van der Waals surface area contributed by atoms with E-state index in [1.807, 2.05) is 78.9 Å². The molecule has 0 aliphatic heterocycles. The minimum absolute atomic E-state index is 0.142. The fourth-order valence-electron chi connectivity index (χ4n) is 5.47. The molecule has 0 spiro atoms. The first-order valence-electron chi connectivity index (χ1n) is 13.5. The van der Waals surface area contributed by atoms with Crippen molar-refractivity contribution in [3.8, 4) is 11.1 Å². The quantitative estimate of drug-likeness (QED) is 0.264. The summed E-state index contributed by atoms with van der Waals surface area (Å²) in [5.74, 6) is -0.824. The van der Waals surface area contributed by atoms with Gasteiger partial charge in [0, 0.05) is 37.1 Å². The summed E-state index contributed by atoms with van der Waals surface area (Å²) in [6.07, 6.45) is 5.84. The van der Waals surface area contributed by atoms with Gasteiger partial charge in [-0.2, -0.15) is 0 Å². The van der Waals surface area contributed by atoms with Gasteiger partial charge in [0.1, 0.15) is 11.7 Å². The molecule has 0 saturated carbocycles. The summed E-state index contributed by atoms with van der Waals surface area (Å²) in [4.78, 5) is 40.9. The number of amides is 2. The van der Waals surface area contributed by atoms with Crippen molar-refractivity contribution >= 4 is 11.8 Å². The largest absolute Gasteiger partial charge is 0.390 e. The number of imidazole rings is 1. The van der Waals surface area contributed by atoms with E-state index in [1.165, 1.54) is 17.4 Å². The highest BCUT2D eigenvalue weighted by Crippen LogP contribution is 2.33. The Kier molecular flexibility index (Phi) is 7.38. The first kappa shape index (κ1) is 26.2. The van der Waals surface area contributed by atoms with Crippen LogP contribution in [0.1, 0.15) is 44.8 Å². The van der Waals surface area contributed by atoms with Gasteiger partial charge in [0.25, 0.3) is 5.91 Å². The molecule has 0 saturated heterocycles. The number of hydrogen-bond acceptors (Lipinski definition) is 5. The number of aromatic nitrogens is 3. The van der Waals surface area contributed by atoms with Crippen molar-refractivity contribution in [1.29, 1.82) is 0 Å². The van der Waals surface area contributed by atoms with Gasteiger partial charge in [-0.1, -0.05) is 78.9 Å². The third kappa shape index (κ3) is 5.50. The number of nitrogens with zero attached hydrogens (tertiary/aromatic N) is 3. The number of fused-ring (bicyclic) bond motifs is 1. The van der Waals surface area contributed by atoms with Gasteiger partial charge in [0.05, 0.1) is 18.5 Å². The minimum atomic E-state index is -1.03. The van der Waals surface area contributed by atoms with Gasteiger partial charge in [0.15, 0.2) is 0 Å². The fraction of sp³-hybridized carbons (Fsp3) is 0.152. The molecule has 3 N–H and O–H groups in total. The predicted octanol–water partition coefficient (Wildman–Crippen LogP) is 4.63. The standard InChI is InChI=1S/C33H29N5O3/c39-29-17-25-11-4-5-14-27(25)30(29)37-32(40)31(26-13-7-15-34-18-26)38(33(41)28-19-35-21-36-28)20-22-8-6-12-24(16-22)23-9-2-1-3-10-23/h1-16,18-19,21,29-31,39H,17,20H2,(H,35,36)(H,37,40)/t29-,30+,31?/m0/s1. The smallest absolute Gasteiger partial charge is 0.275 e. The van der Waals surface area contributed by atoms with Crippen molar-refractivity contribution in [2.24, 2.45) is 0 Å². The number of aliphatic hydroxyl groups is 1. The molecule has 204 valence electrons. The lowest BCUT2D eigenvalue weighted by Gasteiger charge is -2.32. The van der Waals surface area contributed by atoms with E-state index in [4.69, 9.17) is 0 Å². The molecule has 0 radical (unpaired) electrons. The number of nitrogens with one attached hydrogen (secondary N) is 2. The highest BCUT2D eigenvalue weighted by atomic mass is 16.3. The van der Waals surface area contributed by atoms with Crippen LogP contribution in [-0.4, -0.2) is 42.9 Å². The maximum Gasteiger partial charge on any atom is 0.275 e. The second-order valence-electron chi connectivity index (χ2n) is 10.1. The van der Waals surface area contributed by atoms with Crippen molar-refractivity contribution in [3.05, 3.63) is 144 Å². The molecule has 0 fully saturated rings. The van der Waals surface area contributed by atoms with Crippen LogP contribution >= 0.6 is 0 Å². The van der Waals surface area contributed by atoms with E-state index in [0.29, 0.717) is 12.0 Å². The van der Waals surface area contributed by atoms with Gasteiger partial charge in [-0.05, 0) is 39.9 Å². The maximum atomic E-state index is 14.2.